The Bertz CT molecular complexity index is 466. The first-order valence-corrected chi connectivity index (χ1v) is 4.64. The fourth-order valence-corrected chi connectivity index (χ4v) is 1.64. The van der Waals surface area contributed by atoms with E-state index in [0.717, 1.165) is 11.0 Å². The molecule has 0 bridgehead atoms. The van der Waals surface area contributed by atoms with Gasteiger partial charge < -0.3 is 10.3 Å². The van der Waals surface area contributed by atoms with Crippen LogP contribution in [0.5, 0.6) is 0 Å². The van der Waals surface area contributed by atoms with Gasteiger partial charge in [-0.15, -0.1) is 0 Å². The maximum Gasteiger partial charge on any atom is 0.175 e. The minimum Gasteiger partial charge on any atom is -0.380 e. The first kappa shape index (κ1) is 9.06. The van der Waals surface area contributed by atoms with Crippen molar-refractivity contribution >= 4 is 16.8 Å². The molecule has 0 spiro atoms. The number of rotatable bonds is 0. The van der Waals surface area contributed by atoms with E-state index in [0.29, 0.717) is 5.82 Å². The fraction of sp³-hybridized carbons (Fsp3) is 0.364. The highest BCUT2D eigenvalue weighted by molar-refractivity contribution is 5.90. The van der Waals surface area contributed by atoms with E-state index in [1.54, 1.807) is 0 Å². The Morgan fingerprint density at radius 3 is 2.64 bits per heavy atom. The van der Waals surface area contributed by atoms with Gasteiger partial charge in [0.05, 0.1) is 5.39 Å². The average Bonchev–Trinajstić information content (AvgIpc) is 2.46. The molecule has 14 heavy (non-hydrogen) atoms. The molecule has 3 heteroatoms. The average molecular weight is 190 g/mol. The Kier molecular flexibility index (Phi) is 1.77. The lowest BCUT2D eigenvalue weighted by Crippen LogP contribution is -2.11. The Balaban J connectivity index is 2.82. The minimum absolute atomic E-state index is 0.0547. The van der Waals surface area contributed by atoms with Gasteiger partial charge >= 0.3 is 0 Å². The van der Waals surface area contributed by atoms with Gasteiger partial charge in [-0.25, -0.2) is 0 Å². The third-order valence-electron chi connectivity index (χ3n) is 2.33. The topological polar surface area (TPSA) is 52.0 Å². The lowest BCUT2D eigenvalue weighted by atomic mass is 9.85. The summed E-state index contributed by atoms with van der Waals surface area (Å²) in [5, 5.41) is 4.72. The van der Waals surface area contributed by atoms with Crippen LogP contribution < -0.4 is 5.73 Å². The summed E-state index contributed by atoms with van der Waals surface area (Å²) in [7, 11) is 0. The van der Waals surface area contributed by atoms with Gasteiger partial charge in [0.1, 0.15) is 0 Å². The molecule has 2 N–H and O–H groups in total. The summed E-state index contributed by atoms with van der Waals surface area (Å²) < 4.78 is 5.11. The highest BCUT2D eigenvalue weighted by atomic mass is 16.5. The summed E-state index contributed by atoms with van der Waals surface area (Å²) in [6.07, 6.45) is 0. The largest absolute Gasteiger partial charge is 0.380 e. The molecule has 0 aliphatic carbocycles. The molecule has 0 atom stereocenters. The van der Waals surface area contributed by atoms with E-state index in [4.69, 9.17) is 10.3 Å². The van der Waals surface area contributed by atoms with Crippen molar-refractivity contribution in [2.75, 3.05) is 5.73 Å². The molecule has 2 aromatic rings. The molecule has 1 aromatic heterocycles. The van der Waals surface area contributed by atoms with Crippen molar-refractivity contribution < 1.29 is 4.52 Å². The van der Waals surface area contributed by atoms with E-state index >= 15 is 0 Å². The Morgan fingerprint density at radius 2 is 2.00 bits per heavy atom. The molecule has 0 fully saturated rings. The number of nitrogen functional groups attached to an aromatic ring is 1. The lowest BCUT2D eigenvalue weighted by molar-refractivity contribution is 0.460. The lowest BCUT2D eigenvalue weighted by Gasteiger charge is -2.19. The monoisotopic (exact) mass is 190 g/mol. The molecule has 0 aliphatic heterocycles. The number of nitrogens with zero attached hydrogens (tertiary/aromatic N) is 1. The molecule has 1 heterocycles. The summed E-state index contributed by atoms with van der Waals surface area (Å²) in [4.78, 5) is 0. The van der Waals surface area contributed by atoms with Gasteiger partial charge in [-0.2, -0.15) is 0 Å². The molecule has 0 unspecified atom stereocenters. The van der Waals surface area contributed by atoms with E-state index in [1.807, 2.05) is 12.1 Å². The second kappa shape index (κ2) is 2.74. The van der Waals surface area contributed by atoms with Crippen molar-refractivity contribution in [1.82, 2.24) is 5.16 Å². The van der Waals surface area contributed by atoms with Gasteiger partial charge in [-0.3, -0.25) is 0 Å². The maximum atomic E-state index is 5.77. The van der Waals surface area contributed by atoms with Crippen molar-refractivity contribution in [1.29, 1.82) is 0 Å². The van der Waals surface area contributed by atoms with E-state index < -0.39 is 0 Å². The van der Waals surface area contributed by atoms with Crippen LogP contribution in [-0.4, -0.2) is 5.16 Å². The van der Waals surface area contributed by atoms with Crippen molar-refractivity contribution in [3.8, 4) is 0 Å². The molecular weight excluding hydrogens is 176 g/mol. The molecule has 2 rings (SSSR count). The SMILES string of the molecule is CC(C)(C)c1cccc2onc(N)c12. The van der Waals surface area contributed by atoms with E-state index in [1.165, 1.54) is 5.56 Å². The maximum absolute atomic E-state index is 5.77. The van der Waals surface area contributed by atoms with Crippen LogP contribution in [0.1, 0.15) is 26.3 Å². The molecule has 74 valence electrons. The van der Waals surface area contributed by atoms with Crippen LogP contribution in [-0.2, 0) is 5.41 Å². The number of benzene rings is 1. The molecule has 1 aromatic carbocycles. The third-order valence-corrected chi connectivity index (χ3v) is 2.33. The third kappa shape index (κ3) is 1.25. The van der Waals surface area contributed by atoms with Crippen molar-refractivity contribution in [2.45, 2.75) is 26.2 Å². The van der Waals surface area contributed by atoms with Gasteiger partial charge in [0.25, 0.3) is 0 Å². The molecular formula is C11H14N2O. The second-order valence-corrected chi connectivity index (χ2v) is 4.50. The van der Waals surface area contributed by atoms with E-state index in [-0.39, 0.29) is 5.41 Å². The van der Waals surface area contributed by atoms with Crippen LogP contribution in [0.2, 0.25) is 0 Å². The van der Waals surface area contributed by atoms with Crippen molar-refractivity contribution in [2.24, 2.45) is 0 Å². The summed E-state index contributed by atoms with van der Waals surface area (Å²) in [6.45, 7) is 6.44. The van der Waals surface area contributed by atoms with Crippen molar-refractivity contribution in [3.63, 3.8) is 0 Å². The first-order chi connectivity index (χ1) is 6.50. The summed E-state index contributed by atoms with van der Waals surface area (Å²) in [6, 6.07) is 5.91. The number of hydrogen-bond donors (Lipinski definition) is 1. The van der Waals surface area contributed by atoms with Crippen molar-refractivity contribution in [3.05, 3.63) is 23.8 Å². The van der Waals surface area contributed by atoms with Gasteiger partial charge in [0.2, 0.25) is 0 Å². The highest BCUT2D eigenvalue weighted by Gasteiger charge is 2.20. The highest BCUT2D eigenvalue weighted by Crippen LogP contribution is 2.32. The number of nitrogens with two attached hydrogens (primary N) is 1. The summed E-state index contributed by atoms with van der Waals surface area (Å²) in [5.41, 5.74) is 7.76. The first-order valence-electron chi connectivity index (χ1n) is 4.64. The molecule has 0 saturated carbocycles. The zero-order valence-electron chi connectivity index (χ0n) is 8.66. The quantitative estimate of drug-likeness (QED) is 0.694. The zero-order valence-corrected chi connectivity index (χ0v) is 8.66. The number of anilines is 1. The molecule has 0 amide bonds. The normalized spacial score (nSPS) is 12.2. The summed E-state index contributed by atoms with van der Waals surface area (Å²) in [5.74, 6) is 0.477. The number of hydrogen-bond acceptors (Lipinski definition) is 3. The standard InChI is InChI=1S/C11H14N2O/c1-11(2,3)7-5-4-6-8-9(7)10(12)13-14-8/h4-6H,1-3H3,(H2,12,13). The van der Waals surface area contributed by atoms with Gasteiger partial charge in [0, 0.05) is 0 Å². The van der Waals surface area contributed by atoms with Crippen LogP contribution in [0, 0.1) is 0 Å². The molecule has 0 aliphatic rings. The summed E-state index contributed by atoms with van der Waals surface area (Å²) >= 11 is 0. The molecule has 0 saturated heterocycles. The predicted molar refractivity (Wildman–Crippen MR) is 57.1 cm³/mol. The van der Waals surface area contributed by atoms with Crippen LogP contribution in [0.25, 0.3) is 11.0 Å². The zero-order chi connectivity index (χ0) is 10.3. The van der Waals surface area contributed by atoms with Crippen LogP contribution >= 0.6 is 0 Å². The van der Waals surface area contributed by atoms with Crippen LogP contribution in [0.15, 0.2) is 22.7 Å². The number of aromatic nitrogens is 1. The van der Waals surface area contributed by atoms with Crippen LogP contribution in [0.3, 0.4) is 0 Å². The molecule has 3 nitrogen and oxygen atoms in total. The van der Waals surface area contributed by atoms with E-state index in [2.05, 4.69) is 32.0 Å². The fourth-order valence-electron chi connectivity index (χ4n) is 1.64. The number of fused-ring (bicyclic) bond motifs is 1. The van der Waals surface area contributed by atoms with Gasteiger partial charge in [0.15, 0.2) is 11.4 Å². The van der Waals surface area contributed by atoms with Crippen LogP contribution in [0.4, 0.5) is 5.82 Å². The Labute approximate surface area is 82.9 Å². The van der Waals surface area contributed by atoms with Gasteiger partial charge in [-0.05, 0) is 17.0 Å². The van der Waals surface area contributed by atoms with Gasteiger partial charge in [-0.1, -0.05) is 38.1 Å². The predicted octanol–water partition coefficient (Wildman–Crippen LogP) is 2.71. The Morgan fingerprint density at radius 1 is 1.29 bits per heavy atom. The Hall–Kier alpha value is -1.51. The smallest absolute Gasteiger partial charge is 0.175 e. The minimum atomic E-state index is 0.0547. The van der Waals surface area contributed by atoms with E-state index in [9.17, 15) is 0 Å². The second-order valence-electron chi connectivity index (χ2n) is 4.50. The molecule has 0 radical (unpaired) electrons.